The highest BCUT2D eigenvalue weighted by molar-refractivity contribution is 5.16. The van der Waals surface area contributed by atoms with E-state index < -0.39 is 0 Å². The smallest absolute Gasteiger partial charge is 0.0779 e. The normalized spacial score (nSPS) is 25.9. The predicted molar refractivity (Wildman–Crippen MR) is 75.0 cm³/mol. The molecule has 1 aromatic rings. The average molecular weight is 263 g/mol. The third-order valence-corrected chi connectivity index (χ3v) is 4.29. The molecule has 1 unspecified atom stereocenters. The fraction of sp³-hybridized carbons (Fsp3) is 0.800. The lowest BCUT2D eigenvalue weighted by Gasteiger charge is -2.19. The molecule has 0 radical (unpaired) electrons. The van der Waals surface area contributed by atoms with Crippen LogP contribution in [0.3, 0.4) is 0 Å². The van der Waals surface area contributed by atoms with Gasteiger partial charge in [0.1, 0.15) is 0 Å². The lowest BCUT2D eigenvalue weighted by molar-refractivity contribution is -0.0232. The maximum atomic E-state index is 6.05. The summed E-state index contributed by atoms with van der Waals surface area (Å²) in [4.78, 5) is 0. The molecule has 1 N–H and O–H groups in total. The zero-order valence-corrected chi connectivity index (χ0v) is 12.3. The molecule has 2 aliphatic rings. The second-order valence-electron chi connectivity index (χ2n) is 6.63. The molecule has 2 fully saturated rings. The van der Waals surface area contributed by atoms with Crippen LogP contribution in [0.25, 0.3) is 0 Å². The van der Waals surface area contributed by atoms with Gasteiger partial charge in [-0.25, -0.2) is 0 Å². The average Bonchev–Trinajstić information content (AvgIpc) is 3.04. The van der Waals surface area contributed by atoms with E-state index in [4.69, 9.17) is 4.74 Å². The van der Waals surface area contributed by atoms with E-state index in [9.17, 15) is 0 Å². The first-order chi connectivity index (χ1) is 9.03. The summed E-state index contributed by atoms with van der Waals surface area (Å²) in [7, 11) is 0. The lowest BCUT2D eigenvalue weighted by atomic mass is 10.1. The van der Waals surface area contributed by atoms with E-state index >= 15 is 0 Å². The highest BCUT2D eigenvalue weighted by atomic mass is 16.5. The van der Waals surface area contributed by atoms with Gasteiger partial charge in [0, 0.05) is 23.8 Å². The van der Waals surface area contributed by atoms with Gasteiger partial charge in [0.25, 0.3) is 0 Å². The Labute approximate surface area is 115 Å². The molecule has 19 heavy (non-hydrogen) atoms. The molecule has 1 saturated heterocycles. The fourth-order valence-electron chi connectivity index (χ4n) is 2.78. The summed E-state index contributed by atoms with van der Waals surface area (Å²) in [6.07, 6.45) is 7.27. The third kappa shape index (κ3) is 3.18. The summed E-state index contributed by atoms with van der Waals surface area (Å²) in [5.74, 6) is 0. The van der Waals surface area contributed by atoms with Crippen molar-refractivity contribution in [2.24, 2.45) is 0 Å². The first kappa shape index (κ1) is 13.1. The number of ether oxygens (including phenoxy) is 1. The van der Waals surface area contributed by atoms with Crippen molar-refractivity contribution in [3.63, 3.8) is 0 Å². The maximum absolute atomic E-state index is 6.05. The van der Waals surface area contributed by atoms with Crippen LogP contribution in [-0.4, -0.2) is 27.5 Å². The second-order valence-corrected chi connectivity index (χ2v) is 6.63. The van der Waals surface area contributed by atoms with Gasteiger partial charge in [-0.05, 0) is 46.5 Å². The summed E-state index contributed by atoms with van der Waals surface area (Å²) in [5.41, 5.74) is 2.65. The highest BCUT2D eigenvalue weighted by Crippen LogP contribution is 2.30. The molecule has 1 saturated carbocycles. The van der Waals surface area contributed by atoms with E-state index in [2.05, 4.69) is 35.9 Å². The Morgan fingerprint density at radius 3 is 2.84 bits per heavy atom. The number of rotatable bonds is 5. The Bertz CT molecular complexity index is 448. The standard InChI is InChI=1S/C15H25N3O/c1-11-12(8-16-13-4-5-13)9-17-18(11)10-14-6-7-15(2,3)19-14/h9,13-14,16H,4-8,10H2,1-3H3. The third-order valence-electron chi connectivity index (χ3n) is 4.29. The summed E-state index contributed by atoms with van der Waals surface area (Å²) in [6, 6.07) is 0.752. The zero-order valence-electron chi connectivity index (χ0n) is 12.3. The Kier molecular flexibility index (Phi) is 3.39. The summed E-state index contributed by atoms with van der Waals surface area (Å²) < 4.78 is 8.16. The number of hydrogen-bond donors (Lipinski definition) is 1. The Morgan fingerprint density at radius 2 is 2.21 bits per heavy atom. The van der Waals surface area contributed by atoms with Crippen molar-refractivity contribution in [2.45, 2.75) is 77.3 Å². The molecule has 0 aromatic carbocycles. The molecule has 1 atom stereocenters. The van der Waals surface area contributed by atoms with E-state index in [1.54, 1.807) is 0 Å². The molecule has 1 aliphatic heterocycles. The van der Waals surface area contributed by atoms with Gasteiger partial charge in [-0.15, -0.1) is 0 Å². The van der Waals surface area contributed by atoms with Crippen molar-refractivity contribution in [3.8, 4) is 0 Å². The maximum Gasteiger partial charge on any atom is 0.0779 e. The number of aromatic nitrogens is 2. The molecule has 2 heterocycles. The van der Waals surface area contributed by atoms with Crippen molar-refractivity contribution < 1.29 is 4.74 Å². The minimum atomic E-state index is 0.0437. The molecule has 3 rings (SSSR count). The van der Waals surface area contributed by atoms with Gasteiger partial charge < -0.3 is 10.1 Å². The van der Waals surface area contributed by atoms with E-state index in [1.807, 2.05) is 6.20 Å². The van der Waals surface area contributed by atoms with E-state index in [0.29, 0.717) is 6.10 Å². The number of hydrogen-bond acceptors (Lipinski definition) is 3. The van der Waals surface area contributed by atoms with Crippen LogP contribution in [0, 0.1) is 6.92 Å². The first-order valence-corrected chi connectivity index (χ1v) is 7.46. The van der Waals surface area contributed by atoms with E-state index in [1.165, 1.54) is 24.1 Å². The molecule has 0 spiro atoms. The van der Waals surface area contributed by atoms with Gasteiger partial charge in [0.2, 0.25) is 0 Å². The zero-order chi connectivity index (χ0) is 13.5. The van der Waals surface area contributed by atoms with Gasteiger partial charge in [0.15, 0.2) is 0 Å². The van der Waals surface area contributed by atoms with Crippen LogP contribution in [0.5, 0.6) is 0 Å². The van der Waals surface area contributed by atoms with Crippen molar-refractivity contribution in [2.75, 3.05) is 0 Å². The first-order valence-electron chi connectivity index (χ1n) is 7.46. The van der Waals surface area contributed by atoms with Gasteiger partial charge in [-0.3, -0.25) is 4.68 Å². The van der Waals surface area contributed by atoms with Crippen LogP contribution in [0.4, 0.5) is 0 Å². The Hall–Kier alpha value is -0.870. The minimum Gasteiger partial charge on any atom is -0.370 e. The van der Waals surface area contributed by atoms with Crippen LogP contribution in [0.15, 0.2) is 6.20 Å². The number of nitrogens with zero attached hydrogens (tertiary/aromatic N) is 2. The van der Waals surface area contributed by atoms with Crippen molar-refractivity contribution in [3.05, 3.63) is 17.5 Å². The fourth-order valence-corrected chi connectivity index (χ4v) is 2.78. The van der Waals surface area contributed by atoms with Crippen molar-refractivity contribution >= 4 is 0 Å². The topological polar surface area (TPSA) is 39.1 Å². The van der Waals surface area contributed by atoms with Crippen molar-refractivity contribution in [1.82, 2.24) is 15.1 Å². The second kappa shape index (κ2) is 4.91. The van der Waals surface area contributed by atoms with Crippen molar-refractivity contribution in [1.29, 1.82) is 0 Å². The molecule has 4 nitrogen and oxygen atoms in total. The summed E-state index contributed by atoms with van der Waals surface area (Å²) >= 11 is 0. The van der Waals surface area contributed by atoms with Gasteiger partial charge in [0.05, 0.1) is 24.4 Å². The van der Waals surface area contributed by atoms with Crippen LogP contribution in [0.2, 0.25) is 0 Å². The van der Waals surface area contributed by atoms with Crippen LogP contribution < -0.4 is 5.32 Å². The molecule has 1 aliphatic carbocycles. The monoisotopic (exact) mass is 263 g/mol. The van der Waals surface area contributed by atoms with Crippen LogP contribution >= 0.6 is 0 Å². The van der Waals surface area contributed by atoms with Gasteiger partial charge in [-0.1, -0.05) is 0 Å². The summed E-state index contributed by atoms with van der Waals surface area (Å²) in [5, 5.41) is 8.07. The Balaban J connectivity index is 1.58. The number of nitrogens with one attached hydrogen (secondary N) is 1. The molecule has 0 amide bonds. The molecular formula is C15H25N3O. The van der Waals surface area contributed by atoms with Crippen LogP contribution in [-0.2, 0) is 17.8 Å². The van der Waals surface area contributed by atoms with E-state index in [-0.39, 0.29) is 5.60 Å². The SMILES string of the molecule is Cc1c(CNC2CC2)cnn1CC1CCC(C)(C)O1. The largest absolute Gasteiger partial charge is 0.370 e. The van der Waals surface area contributed by atoms with Gasteiger partial charge >= 0.3 is 0 Å². The molecule has 1 aromatic heterocycles. The lowest BCUT2D eigenvalue weighted by Crippen LogP contribution is -2.24. The molecule has 4 heteroatoms. The minimum absolute atomic E-state index is 0.0437. The van der Waals surface area contributed by atoms with E-state index in [0.717, 1.165) is 32.0 Å². The molecule has 0 bridgehead atoms. The highest BCUT2D eigenvalue weighted by Gasteiger charge is 2.32. The molecule has 106 valence electrons. The van der Waals surface area contributed by atoms with Gasteiger partial charge in [-0.2, -0.15) is 5.10 Å². The molecular weight excluding hydrogens is 238 g/mol. The quantitative estimate of drug-likeness (QED) is 0.886. The summed E-state index contributed by atoms with van der Waals surface area (Å²) in [6.45, 7) is 8.35. The predicted octanol–water partition coefficient (Wildman–Crippen LogP) is 2.40. The Morgan fingerprint density at radius 1 is 1.42 bits per heavy atom. The van der Waals surface area contributed by atoms with Crippen LogP contribution in [0.1, 0.15) is 50.8 Å².